The summed E-state index contributed by atoms with van der Waals surface area (Å²) in [6.07, 6.45) is 0.555. The van der Waals surface area contributed by atoms with Crippen molar-refractivity contribution >= 4 is 44.2 Å². The van der Waals surface area contributed by atoms with E-state index in [0.717, 1.165) is 17.0 Å². The van der Waals surface area contributed by atoms with Gasteiger partial charge in [-0.25, -0.2) is 13.2 Å². The molecule has 41 heavy (non-hydrogen) atoms. The topological polar surface area (TPSA) is 151 Å². The Balaban J connectivity index is 1.37. The van der Waals surface area contributed by atoms with Crippen molar-refractivity contribution in [3.8, 4) is 0 Å². The largest absolute Gasteiger partial charge is 0.363 e. The van der Waals surface area contributed by atoms with Gasteiger partial charge in [0, 0.05) is 30.1 Å². The van der Waals surface area contributed by atoms with E-state index in [2.05, 4.69) is 27.7 Å². The molecule has 216 valence electrons. The number of fused-ring (bicyclic) bond motifs is 1. The molecule has 2 aliphatic rings. The molecule has 13 heteroatoms. The number of hydrogen-bond donors (Lipinski definition) is 3. The van der Waals surface area contributed by atoms with Crippen molar-refractivity contribution in [2.75, 3.05) is 25.2 Å². The zero-order valence-corrected chi connectivity index (χ0v) is 24.3. The lowest BCUT2D eigenvalue weighted by atomic mass is 10.0. The van der Waals surface area contributed by atoms with E-state index in [1.807, 2.05) is 18.2 Å². The van der Waals surface area contributed by atoms with Crippen molar-refractivity contribution in [2.24, 2.45) is 5.73 Å². The summed E-state index contributed by atoms with van der Waals surface area (Å²) in [5.41, 5.74) is 6.88. The minimum atomic E-state index is -3.83. The third-order valence-corrected chi connectivity index (χ3v) is 10.3. The molecule has 4 N–H and O–H groups in total. The molecule has 0 atom stereocenters. The molecule has 3 aromatic rings. The average Bonchev–Trinajstić information content (AvgIpc) is 3.47. The number of carbonyl (C=O) groups is 3. The van der Waals surface area contributed by atoms with Crippen LogP contribution in [-0.2, 0) is 34.3 Å². The molecule has 1 aromatic heterocycles. The number of ether oxygens (including phenoxy) is 1. The Morgan fingerprint density at radius 3 is 2.39 bits per heavy atom. The highest BCUT2D eigenvalue weighted by molar-refractivity contribution is 7.89. The molecular weight excluding hydrogens is 566 g/mol. The highest BCUT2D eigenvalue weighted by atomic mass is 32.2. The van der Waals surface area contributed by atoms with Gasteiger partial charge in [0.1, 0.15) is 11.7 Å². The molecule has 0 bridgehead atoms. The number of carbonyl (C=O) groups excluding carboxylic acids is 3. The second-order valence-corrected chi connectivity index (χ2v) is 13.6. The van der Waals surface area contributed by atoms with Gasteiger partial charge in [0.15, 0.2) is 0 Å². The number of imide groups is 1. The summed E-state index contributed by atoms with van der Waals surface area (Å²) in [6.45, 7) is 5.81. The van der Waals surface area contributed by atoms with Crippen molar-refractivity contribution in [1.82, 2.24) is 14.5 Å². The lowest BCUT2D eigenvalue weighted by molar-refractivity contribution is 0.0965. The Hall–Kier alpha value is -3.62. The van der Waals surface area contributed by atoms with E-state index in [1.54, 1.807) is 13.8 Å². The van der Waals surface area contributed by atoms with Gasteiger partial charge < -0.3 is 15.8 Å². The molecule has 11 nitrogen and oxygen atoms in total. The molecule has 0 aliphatic carbocycles. The smallest absolute Gasteiger partial charge is 0.319 e. The zero-order chi connectivity index (χ0) is 29.4. The van der Waals surface area contributed by atoms with E-state index < -0.39 is 33.4 Å². The number of amides is 4. The molecule has 0 radical (unpaired) electrons. The minimum absolute atomic E-state index is 0.0410. The molecular formula is C28H31N5O6S2. The van der Waals surface area contributed by atoms with Gasteiger partial charge in [0.05, 0.1) is 22.6 Å². The van der Waals surface area contributed by atoms with E-state index >= 15 is 0 Å². The van der Waals surface area contributed by atoms with E-state index in [-0.39, 0.29) is 29.4 Å². The molecule has 5 rings (SSSR count). The molecule has 4 amide bonds. The third-order valence-electron chi connectivity index (χ3n) is 7.12. The Bertz CT molecular complexity index is 1590. The maximum atomic E-state index is 13.2. The van der Waals surface area contributed by atoms with Crippen LogP contribution in [0.25, 0.3) is 0 Å². The maximum Gasteiger partial charge on any atom is 0.319 e. The molecule has 2 aromatic carbocycles. The van der Waals surface area contributed by atoms with Gasteiger partial charge in [-0.1, -0.05) is 30.3 Å². The molecule has 0 unspecified atom stereocenters. The monoisotopic (exact) mass is 597 g/mol. The number of anilines is 1. The number of thiophene rings is 1. The van der Waals surface area contributed by atoms with Gasteiger partial charge in [0.25, 0.3) is 11.8 Å². The Labute approximate surface area is 242 Å². The van der Waals surface area contributed by atoms with Gasteiger partial charge in [-0.05, 0) is 55.7 Å². The second kappa shape index (κ2) is 11.3. The second-order valence-electron chi connectivity index (χ2n) is 10.6. The van der Waals surface area contributed by atoms with Crippen LogP contribution in [0, 0.1) is 0 Å². The number of rotatable bonds is 7. The first-order valence-electron chi connectivity index (χ1n) is 13.0. The predicted octanol–water partition coefficient (Wildman–Crippen LogP) is 3.12. The number of primary amides is 1. The van der Waals surface area contributed by atoms with Crippen LogP contribution < -0.4 is 16.4 Å². The first-order chi connectivity index (χ1) is 19.5. The molecule has 0 spiro atoms. The summed E-state index contributed by atoms with van der Waals surface area (Å²) in [7, 11) is -3.83. The number of sulfonamides is 1. The Morgan fingerprint density at radius 2 is 1.76 bits per heavy atom. The van der Waals surface area contributed by atoms with Crippen LogP contribution in [-0.4, -0.2) is 60.9 Å². The molecule has 0 saturated carbocycles. The average molecular weight is 598 g/mol. The number of nitrogens with one attached hydrogen (secondary N) is 2. The van der Waals surface area contributed by atoms with Crippen LogP contribution in [0.4, 0.5) is 9.80 Å². The number of urea groups is 1. The van der Waals surface area contributed by atoms with Crippen molar-refractivity contribution in [3.05, 3.63) is 81.7 Å². The summed E-state index contributed by atoms with van der Waals surface area (Å²) >= 11 is 1.28. The minimum Gasteiger partial charge on any atom is -0.363 e. The van der Waals surface area contributed by atoms with Crippen LogP contribution >= 0.6 is 11.3 Å². The van der Waals surface area contributed by atoms with Crippen LogP contribution in [0.5, 0.6) is 0 Å². The fraction of sp³-hybridized carbons (Fsp3) is 0.321. The van der Waals surface area contributed by atoms with E-state index in [4.69, 9.17) is 10.5 Å². The quantitative estimate of drug-likeness (QED) is 0.379. The first kappa shape index (κ1) is 28.9. The summed E-state index contributed by atoms with van der Waals surface area (Å²) < 4.78 is 32.9. The maximum absolute atomic E-state index is 13.2. The summed E-state index contributed by atoms with van der Waals surface area (Å²) in [4.78, 5) is 40.9. The lowest BCUT2D eigenvalue weighted by Gasteiger charge is -2.28. The summed E-state index contributed by atoms with van der Waals surface area (Å²) in [6, 6.07) is 14.6. The van der Waals surface area contributed by atoms with Crippen LogP contribution in [0.15, 0.2) is 59.5 Å². The lowest BCUT2D eigenvalue weighted by Crippen LogP contribution is -2.44. The van der Waals surface area contributed by atoms with Crippen LogP contribution in [0.1, 0.15) is 50.6 Å². The molecule has 2 aliphatic heterocycles. The van der Waals surface area contributed by atoms with Gasteiger partial charge in [-0.2, -0.15) is 4.31 Å². The van der Waals surface area contributed by atoms with Crippen molar-refractivity contribution in [3.63, 3.8) is 0 Å². The normalized spacial score (nSPS) is 17.1. The summed E-state index contributed by atoms with van der Waals surface area (Å²) in [5.74, 6) is -1.20. The van der Waals surface area contributed by atoms with E-state index in [9.17, 15) is 22.8 Å². The Morgan fingerprint density at radius 1 is 1.05 bits per heavy atom. The fourth-order valence-electron chi connectivity index (χ4n) is 5.04. The molecule has 1 saturated heterocycles. The van der Waals surface area contributed by atoms with Crippen molar-refractivity contribution in [1.29, 1.82) is 0 Å². The Kier molecular flexibility index (Phi) is 7.99. The van der Waals surface area contributed by atoms with Gasteiger partial charge in [-0.15, -0.1) is 11.3 Å². The molecule has 3 heterocycles. The number of nitrogens with zero attached hydrogens (tertiary/aromatic N) is 2. The third kappa shape index (κ3) is 6.04. The highest BCUT2D eigenvalue weighted by Gasteiger charge is 2.42. The van der Waals surface area contributed by atoms with Gasteiger partial charge in [0.2, 0.25) is 10.0 Å². The number of nitrogens with two attached hydrogens (primary N) is 1. The standard InChI is InChI=1S/C28H31N5O6S2/c1-28(2)16-39-17-33(28)41(37,38)20-10-8-19(9-11-20)24(34)30-26-23(25(35)31-27(29)36)21-12-13-32(15-22(21)40-26)14-18-6-4-3-5-7-18/h3-11H,12-17H2,1-2H3,(H,30,34)(H3,29,31,35,36). The first-order valence-corrected chi connectivity index (χ1v) is 15.2. The highest BCUT2D eigenvalue weighted by Crippen LogP contribution is 2.38. The summed E-state index contributed by atoms with van der Waals surface area (Å²) in [5, 5.41) is 5.21. The van der Waals surface area contributed by atoms with E-state index in [1.165, 1.54) is 45.5 Å². The van der Waals surface area contributed by atoms with Crippen molar-refractivity contribution in [2.45, 2.75) is 43.8 Å². The SMILES string of the molecule is CC1(C)COCN1S(=O)(=O)c1ccc(C(=O)Nc2sc3c(c2C(=O)NC(N)=O)CCN(Cc2ccccc2)C3)cc1. The number of benzene rings is 2. The van der Waals surface area contributed by atoms with E-state index in [0.29, 0.717) is 24.5 Å². The fourth-order valence-corrected chi connectivity index (χ4v) is 7.97. The van der Waals surface area contributed by atoms with Gasteiger partial charge >= 0.3 is 6.03 Å². The van der Waals surface area contributed by atoms with Crippen LogP contribution in [0.3, 0.4) is 0 Å². The number of hydrogen-bond acceptors (Lipinski definition) is 8. The van der Waals surface area contributed by atoms with Gasteiger partial charge in [-0.3, -0.25) is 19.8 Å². The zero-order valence-electron chi connectivity index (χ0n) is 22.7. The predicted molar refractivity (Wildman–Crippen MR) is 154 cm³/mol. The van der Waals surface area contributed by atoms with Crippen molar-refractivity contribution < 1.29 is 27.5 Å². The van der Waals surface area contributed by atoms with Crippen LogP contribution in [0.2, 0.25) is 0 Å². The molecule has 1 fully saturated rings.